The minimum absolute atomic E-state index is 0.0377. The molecule has 0 aromatic heterocycles. The number of aliphatic hydroxyl groups is 1. The van der Waals surface area contributed by atoms with Crippen LogP contribution in [0.15, 0.2) is 30.3 Å². The van der Waals surface area contributed by atoms with Gasteiger partial charge in [-0.3, -0.25) is 0 Å². The van der Waals surface area contributed by atoms with E-state index in [4.69, 9.17) is 0 Å². The van der Waals surface area contributed by atoms with E-state index in [0.717, 1.165) is 5.56 Å². The Morgan fingerprint density at radius 1 is 1.30 bits per heavy atom. The zero-order chi connectivity index (χ0) is 15.0. The van der Waals surface area contributed by atoms with Crippen molar-refractivity contribution in [3.05, 3.63) is 35.9 Å². The molecule has 3 atom stereocenters. The Morgan fingerprint density at radius 3 is 2.40 bits per heavy atom. The average Bonchev–Trinajstić information content (AvgIpc) is 2.64. The molecule has 1 amide bonds. The number of amides is 1. The van der Waals surface area contributed by atoms with Gasteiger partial charge in [0.05, 0.1) is 0 Å². The van der Waals surface area contributed by atoms with Crippen LogP contribution in [0.1, 0.15) is 18.9 Å². The third-order valence-corrected chi connectivity index (χ3v) is 4.22. The molecule has 20 heavy (non-hydrogen) atoms. The molecule has 6 nitrogen and oxygen atoms in total. The van der Waals surface area contributed by atoms with Gasteiger partial charge in [-0.05, 0) is 0 Å². The molecule has 1 saturated heterocycles. The summed E-state index contributed by atoms with van der Waals surface area (Å²) in [6, 6.07) is 8.88. The van der Waals surface area contributed by atoms with Crippen LogP contribution in [0, 0.1) is 0 Å². The number of carboxylic acids is 1. The Hall–Kier alpha value is -1.92. The number of likely N-dealkylation sites (tertiary alicyclic amines) is 1. The van der Waals surface area contributed by atoms with E-state index in [1.54, 1.807) is 24.3 Å². The highest BCUT2D eigenvalue weighted by Gasteiger charge is 2.65. The van der Waals surface area contributed by atoms with Crippen LogP contribution in [0.2, 0.25) is 0 Å². The lowest BCUT2D eigenvalue weighted by Gasteiger charge is -2.38. The number of carbonyl (C=O) groups is 2. The molecule has 108 valence electrons. The molecule has 0 radical (unpaired) electrons. The maximum absolute atomic E-state index is 11.8. The second kappa shape index (κ2) is 4.88. The second-order valence-corrected chi connectivity index (χ2v) is 5.51. The van der Waals surface area contributed by atoms with Crippen LogP contribution < -0.4 is 0 Å². The smallest absolute Gasteiger partial charge is 0.477 e. The summed E-state index contributed by atoms with van der Waals surface area (Å²) in [7, 11) is 0. The SMILES string of the molecule is C[C@@]1(C(=O)O)C[C@@H](O)C[N+]1(Cc1ccccc1)C(=O)O. The number of quaternary nitrogens is 1. The predicted octanol–water partition coefficient (Wildman–Crippen LogP) is 1.29. The molecule has 0 saturated carbocycles. The second-order valence-electron chi connectivity index (χ2n) is 5.51. The molecule has 0 spiro atoms. The van der Waals surface area contributed by atoms with Crippen molar-refractivity contribution in [1.82, 2.24) is 0 Å². The van der Waals surface area contributed by atoms with Crippen molar-refractivity contribution in [1.29, 1.82) is 0 Å². The number of aliphatic hydroxyl groups excluding tert-OH is 1. The maximum Gasteiger partial charge on any atom is 0.514 e. The lowest BCUT2D eigenvalue weighted by molar-refractivity contribution is -0.898. The lowest BCUT2D eigenvalue weighted by atomic mass is 9.95. The summed E-state index contributed by atoms with van der Waals surface area (Å²) in [6.45, 7) is 1.33. The van der Waals surface area contributed by atoms with Crippen LogP contribution in [0.4, 0.5) is 4.79 Å². The Kier molecular flexibility index (Phi) is 3.54. The zero-order valence-corrected chi connectivity index (χ0v) is 11.2. The summed E-state index contributed by atoms with van der Waals surface area (Å²) in [4.78, 5) is 23.4. The van der Waals surface area contributed by atoms with Crippen molar-refractivity contribution < 1.29 is 29.4 Å². The Morgan fingerprint density at radius 2 is 1.90 bits per heavy atom. The Balaban J connectivity index is 2.48. The van der Waals surface area contributed by atoms with Crippen molar-refractivity contribution in [2.45, 2.75) is 31.5 Å². The number of hydrogen-bond donors (Lipinski definition) is 3. The van der Waals surface area contributed by atoms with E-state index in [-0.39, 0.29) is 19.5 Å². The van der Waals surface area contributed by atoms with Gasteiger partial charge in [0, 0.05) is 18.9 Å². The molecule has 1 unspecified atom stereocenters. The monoisotopic (exact) mass is 280 g/mol. The molecule has 1 aromatic carbocycles. The quantitative estimate of drug-likeness (QED) is 0.725. The average molecular weight is 280 g/mol. The molecule has 3 N–H and O–H groups in total. The van der Waals surface area contributed by atoms with Crippen molar-refractivity contribution in [2.75, 3.05) is 6.54 Å². The van der Waals surface area contributed by atoms with E-state index in [2.05, 4.69) is 0 Å². The molecule has 0 aliphatic carbocycles. The van der Waals surface area contributed by atoms with Crippen LogP contribution >= 0.6 is 0 Å². The molecule has 1 aliphatic rings. The number of hydrogen-bond acceptors (Lipinski definition) is 3. The first-order chi connectivity index (χ1) is 9.32. The highest BCUT2D eigenvalue weighted by molar-refractivity contribution is 5.80. The van der Waals surface area contributed by atoms with Gasteiger partial charge < -0.3 is 15.3 Å². The fraction of sp³-hybridized carbons (Fsp3) is 0.429. The van der Waals surface area contributed by atoms with Crippen molar-refractivity contribution in [3.8, 4) is 0 Å². The van der Waals surface area contributed by atoms with E-state index < -0.39 is 28.2 Å². The molecule has 1 fully saturated rings. The highest BCUT2D eigenvalue weighted by Crippen LogP contribution is 2.39. The molecule has 1 aromatic rings. The van der Waals surface area contributed by atoms with E-state index in [1.807, 2.05) is 6.07 Å². The largest absolute Gasteiger partial charge is 0.514 e. The fourth-order valence-electron chi connectivity index (χ4n) is 3.02. The summed E-state index contributed by atoms with van der Waals surface area (Å²) < 4.78 is -0.687. The summed E-state index contributed by atoms with van der Waals surface area (Å²) in [5.41, 5.74) is -0.808. The van der Waals surface area contributed by atoms with Crippen LogP contribution in [-0.2, 0) is 11.3 Å². The first-order valence-corrected chi connectivity index (χ1v) is 6.38. The maximum atomic E-state index is 11.8. The van der Waals surface area contributed by atoms with E-state index >= 15 is 0 Å². The summed E-state index contributed by atoms with van der Waals surface area (Å²) in [5.74, 6) is -1.20. The first-order valence-electron chi connectivity index (χ1n) is 6.38. The molecule has 6 heteroatoms. The summed E-state index contributed by atoms with van der Waals surface area (Å²) in [6.07, 6.45) is -2.23. The van der Waals surface area contributed by atoms with Crippen LogP contribution in [-0.4, -0.2) is 50.1 Å². The van der Waals surface area contributed by atoms with Gasteiger partial charge in [-0.15, -0.1) is 0 Å². The predicted molar refractivity (Wildman–Crippen MR) is 70.0 cm³/mol. The number of nitrogens with zero attached hydrogens (tertiary/aromatic N) is 1. The van der Waals surface area contributed by atoms with Gasteiger partial charge in [0.1, 0.15) is 19.2 Å². The fourth-order valence-corrected chi connectivity index (χ4v) is 3.02. The Labute approximate surface area is 116 Å². The molecule has 1 aliphatic heterocycles. The molecule has 1 heterocycles. The van der Waals surface area contributed by atoms with Gasteiger partial charge in [-0.1, -0.05) is 30.3 Å². The molecular weight excluding hydrogens is 262 g/mol. The topological polar surface area (TPSA) is 94.8 Å². The lowest BCUT2D eigenvalue weighted by Crippen LogP contribution is -2.65. The first kappa shape index (κ1) is 14.5. The standard InChI is InChI=1S/C14H17NO5/c1-14(12(17)18)7-11(16)9-15(14,13(19)20)8-10-5-3-2-4-6-10/h2-6,11,16H,7-9H2,1H3,(H-,17,18,19,20)/p+1/t11-,14+,15?/m1/s1. The Bertz CT molecular complexity index is 532. The van der Waals surface area contributed by atoms with E-state index in [9.17, 15) is 24.9 Å². The minimum Gasteiger partial charge on any atom is -0.477 e. The van der Waals surface area contributed by atoms with Crippen molar-refractivity contribution >= 4 is 12.1 Å². The number of rotatable bonds is 3. The third kappa shape index (κ3) is 2.07. The van der Waals surface area contributed by atoms with Crippen LogP contribution in [0.25, 0.3) is 0 Å². The van der Waals surface area contributed by atoms with Crippen molar-refractivity contribution in [2.24, 2.45) is 0 Å². The molecule has 2 rings (SSSR count). The zero-order valence-electron chi connectivity index (χ0n) is 11.2. The molecule has 0 bridgehead atoms. The summed E-state index contributed by atoms with van der Waals surface area (Å²) in [5, 5.41) is 28.9. The normalized spacial score (nSPS) is 33.0. The van der Waals surface area contributed by atoms with Gasteiger partial charge in [-0.25, -0.2) is 9.28 Å². The summed E-state index contributed by atoms with van der Waals surface area (Å²) >= 11 is 0. The number of benzene rings is 1. The number of aliphatic carboxylic acids is 1. The van der Waals surface area contributed by atoms with Gasteiger partial charge in [0.2, 0.25) is 5.54 Å². The van der Waals surface area contributed by atoms with E-state index in [0.29, 0.717) is 0 Å². The van der Waals surface area contributed by atoms with Gasteiger partial charge in [-0.2, -0.15) is 4.79 Å². The van der Waals surface area contributed by atoms with Crippen LogP contribution in [0.5, 0.6) is 0 Å². The van der Waals surface area contributed by atoms with Gasteiger partial charge in [0.25, 0.3) is 0 Å². The minimum atomic E-state index is -1.54. The van der Waals surface area contributed by atoms with E-state index in [1.165, 1.54) is 6.92 Å². The van der Waals surface area contributed by atoms with Gasteiger partial charge in [0.15, 0.2) is 0 Å². The van der Waals surface area contributed by atoms with Crippen LogP contribution in [0.3, 0.4) is 0 Å². The third-order valence-electron chi connectivity index (χ3n) is 4.22. The van der Waals surface area contributed by atoms with Crippen molar-refractivity contribution in [3.63, 3.8) is 0 Å². The molecular formula is C14H18NO5+. The van der Waals surface area contributed by atoms with Gasteiger partial charge >= 0.3 is 12.1 Å². The number of carboxylic acid groups (broad SMARTS) is 2. The highest BCUT2D eigenvalue weighted by atomic mass is 16.4.